The molecule has 1 amide bonds. The van der Waals surface area contributed by atoms with Gasteiger partial charge in [0.2, 0.25) is 5.91 Å². The van der Waals surface area contributed by atoms with Crippen LogP contribution in [0.2, 0.25) is 0 Å². The second-order valence-corrected chi connectivity index (χ2v) is 15.3. The normalized spacial score (nSPS) is 15.8. The maximum Gasteiger partial charge on any atom is 0.333 e. The smallest absolute Gasteiger partial charge is 0.333 e. The van der Waals surface area contributed by atoms with E-state index in [9.17, 15) is 18.0 Å². The number of ether oxygens (including phenoxy) is 2. The average molecular weight is 645 g/mol. The van der Waals surface area contributed by atoms with E-state index < -0.39 is 26.6 Å². The third kappa shape index (κ3) is 9.03. The molecule has 2 aromatic rings. The summed E-state index contributed by atoms with van der Waals surface area (Å²) in [6.07, 6.45) is 9.74. The number of thioether (sulfide) groups is 1. The summed E-state index contributed by atoms with van der Waals surface area (Å²) in [6.45, 7) is 12.4. The van der Waals surface area contributed by atoms with Gasteiger partial charge in [-0.1, -0.05) is 60.3 Å². The predicted molar refractivity (Wildman–Crippen MR) is 180 cm³/mol. The van der Waals surface area contributed by atoms with Crippen LogP contribution < -0.4 is 15.0 Å². The number of unbranched alkanes of at least 4 members (excludes halogenated alkanes) is 2. The summed E-state index contributed by atoms with van der Waals surface area (Å²) in [5.74, 6) is -0.218. The monoisotopic (exact) mass is 644 g/mol. The largest absolute Gasteiger partial charge is 0.464 e. The van der Waals surface area contributed by atoms with E-state index in [1.807, 2.05) is 57.4 Å². The van der Waals surface area contributed by atoms with Crippen molar-refractivity contribution in [2.45, 2.75) is 89.9 Å². The van der Waals surface area contributed by atoms with Crippen molar-refractivity contribution in [3.05, 3.63) is 48.7 Å². The summed E-state index contributed by atoms with van der Waals surface area (Å²) in [7, 11) is -3.73. The maximum atomic E-state index is 14.3. The number of carbonyl (C=O) groups excluding carboxylic acids is 2. The highest BCUT2D eigenvalue weighted by molar-refractivity contribution is 7.98. The fraction of sp³-hybridized carbons (Fsp3) is 0.529. The lowest BCUT2D eigenvalue weighted by atomic mass is 9.79. The van der Waals surface area contributed by atoms with E-state index in [0.717, 1.165) is 49.1 Å². The van der Waals surface area contributed by atoms with Gasteiger partial charge in [-0.05, 0) is 56.4 Å². The lowest BCUT2D eigenvalue weighted by Gasteiger charge is -2.37. The predicted octanol–water partition coefficient (Wildman–Crippen LogP) is 8.14. The van der Waals surface area contributed by atoms with Crippen molar-refractivity contribution in [2.75, 3.05) is 35.4 Å². The molecule has 0 atom stereocenters. The van der Waals surface area contributed by atoms with Crippen molar-refractivity contribution in [3.63, 3.8) is 0 Å². The molecule has 44 heavy (non-hydrogen) atoms. The molecule has 10 heteroatoms. The van der Waals surface area contributed by atoms with Crippen LogP contribution in [0.3, 0.4) is 0 Å². The Morgan fingerprint density at radius 3 is 2.23 bits per heavy atom. The number of hydrogen-bond acceptors (Lipinski definition) is 8. The first kappa shape index (κ1) is 35.5. The standard InChI is InChI=1S/C34H48N2O6S2/c1-8-11-18-34(19-12-9-2)23-36(26-15-13-25(14-16-26)35-32(38)33(4,5)6)27-21-29(43-7)28(22-30(27)44(39,40)24-34)42-20-17-31(37)41-10-3/h13-17,20-22H,8-12,18-19,23-24H2,1-7H3,(H,35,38)/b20-17+. The van der Waals surface area contributed by atoms with Crippen LogP contribution in [0.5, 0.6) is 5.75 Å². The van der Waals surface area contributed by atoms with Gasteiger partial charge in [-0.2, -0.15) is 0 Å². The molecule has 8 nitrogen and oxygen atoms in total. The van der Waals surface area contributed by atoms with Gasteiger partial charge in [-0.25, -0.2) is 13.2 Å². The van der Waals surface area contributed by atoms with Crippen molar-refractivity contribution in [1.29, 1.82) is 0 Å². The third-order valence-electron chi connectivity index (χ3n) is 7.79. The van der Waals surface area contributed by atoms with Gasteiger partial charge < -0.3 is 19.7 Å². The van der Waals surface area contributed by atoms with Crippen molar-refractivity contribution < 1.29 is 27.5 Å². The van der Waals surface area contributed by atoms with Crippen molar-refractivity contribution in [1.82, 2.24) is 0 Å². The van der Waals surface area contributed by atoms with Crippen LogP contribution in [-0.4, -0.2) is 45.5 Å². The molecule has 242 valence electrons. The minimum Gasteiger partial charge on any atom is -0.464 e. The van der Waals surface area contributed by atoms with Crippen LogP contribution in [0.15, 0.2) is 58.5 Å². The minimum absolute atomic E-state index is 0.0416. The zero-order chi connectivity index (χ0) is 32.5. The lowest BCUT2D eigenvalue weighted by molar-refractivity contribution is -0.137. The molecule has 1 N–H and O–H groups in total. The molecule has 0 fully saturated rings. The summed E-state index contributed by atoms with van der Waals surface area (Å²) >= 11 is 1.44. The molecule has 0 radical (unpaired) electrons. The summed E-state index contributed by atoms with van der Waals surface area (Å²) in [4.78, 5) is 27.5. The number of anilines is 3. The van der Waals surface area contributed by atoms with Crippen LogP contribution in [0.1, 0.15) is 80.1 Å². The molecule has 0 unspecified atom stereocenters. The van der Waals surface area contributed by atoms with Gasteiger partial charge in [0.15, 0.2) is 9.84 Å². The van der Waals surface area contributed by atoms with Gasteiger partial charge in [0.25, 0.3) is 0 Å². The van der Waals surface area contributed by atoms with E-state index in [1.165, 1.54) is 24.1 Å². The quantitative estimate of drug-likeness (QED) is 0.101. The highest BCUT2D eigenvalue weighted by Gasteiger charge is 2.42. The number of esters is 1. The molecule has 0 aromatic heterocycles. The second kappa shape index (κ2) is 15.3. The van der Waals surface area contributed by atoms with E-state index in [4.69, 9.17) is 9.47 Å². The van der Waals surface area contributed by atoms with Gasteiger partial charge in [0.1, 0.15) is 5.75 Å². The zero-order valence-corrected chi connectivity index (χ0v) is 28.8. The Labute approximate surface area is 267 Å². The number of sulfone groups is 1. The Hall–Kier alpha value is -2.98. The second-order valence-electron chi connectivity index (χ2n) is 12.4. The van der Waals surface area contributed by atoms with Crippen LogP contribution in [0.4, 0.5) is 17.1 Å². The van der Waals surface area contributed by atoms with Crippen LogP contribution >= 0.6 is 11.8 Å². The van der Waals surface area contributed by atoms with E-state index in [0.29, 0.717) is 23.7 Å². The van der Waals surface area contributed by atoms with Gasteiger partial charge in [-0.15, -0.1) is 11.8 Å². The molecule has 0 saturated heterocycles. The van der Waals surface area contributed by atoms with E-state index >= 15 is 0 Å². The molecule has 0 aliphatic carbocycles. The summed E-state index contributed by atoms with van der Waals surface area (Å²) in [6, 6.07) is 11.1. The number of fused-ring (bicyclic) bond motifs is 1. The van der Waals surface area contributed by atoms with Gasteiger partial charge >= 0.3 is 5.97 Å². The Balaban J connectivity index is 2.17. The molecule has 0 bridgehead atoms. The molecule has 2 aromatic carbocycles. The van der Waals surface area contributed by atoms with Crippen molar-refractivity contribution in [3.8, 4) is 5.75 Å². The summed E-state index contributed by atoms with van der Waals surface area (Å²) in [5.41, 5.74) is 1.14. The zero-order valence-electron chi connectivity index (χ0n) is 27.2. The number of nitrogens with one attached hydrogen (secondary N) is 1. The Morgan fingerprint density at radius 2 is 1.68 bits per heavy atom. The lowest BCUT2D eigenvalue weighted by Crippen LogP contribution is -2.38. The SMILES string of the molecule is CCCCC1(CCCC)CN(c2ccc(NC(=O)C(C)(C)C)cc2)c2cc(SC)c(O/C=C/C(=O)OCC)cc2S(=O)(=O)C1. The highest BCUT2D eigenvalue weighted by Crippen LogP contribution is 2.48. The molecule has 0 spiro atoms. The molecule has 1 aliphatic rings. The van der Waals surface area contributed by atoms with Crippen LogP contribution in [0, 0.1) is 10.8 Å². The first-order chi connectivity index (χ1) is 20.8. The van der Waals surface area contributed by atoms with Crippen molar-refractivity contribution >= 4 is 50.5 Å². The average Bonchev–Trinajstić information content (AvgIpc) is 3.06. The third-order valence-corrected chi connectivity index (χ3v) is 10.5. The topological polar surface area (TPSA) is 102 Å². The number of rotatable bonds is 13. The van der Waals surface area contributed by atoms with E-state index in [1.54, 1.807) is 13.0 Å². The van der Waals surface area contributed by atoms with Gasteiger partial charge in [-0.3, -0.25) is 4.79 Å². The van der Waals surface area contributed by atoms with Gasteiger partial charge in [0.05, 0.1) is 40.2 Å². The fourth-order valence-corrected chi connectivity index (χ4v) is 8.00. The molecule has 0 saturated carbocycles. The molecule has 1 aliphatic heterocycles. The number of hydrogen-bond donors (Lipinski definition) is 1. The van der Waals surface area contributed by atoms with Crippen LogP contribution in [-0.2, 0) is 24.2 Å². The summed E-state index contributed by atoms with van der Waals surface area (Å²) < 4.78 is 39.3. The molecule has 3 rings (SSSR count). The minimum atomic E-state index is -3.73. The first-order valence-electron chi connectivity index (χ1n) is 15.4. The van der Waals surface area contributed by atoms with Crippen LogP contribution in [0.25, 0.3) is 0 Å². The Kier molecular flexibility index (Phi) is 12.4. The molecular weight excluding hydrogens is 597 g/mol. The number of carbonyl (C=O) groups is 2. The highest BCUT2D eigenvalue weighted by atomic mass is 32.2. The first-order valence-corrected chi connectivity index (χ1v) is 18.3. The van der Waals surface area contributed by atoms with E-state index in [2.05, 4.69) is 24.1 Å². The molecule has 1 heterocycles. The fourth-order valence-electron chi connectivity index (χ4n) is 5.35. The summed E-state index contributed by atoms with van der Waals surface area (Å²) in [5, 5.41) is 2.98. The number of nitrogens with zero attached hydrogens (tertiary/aromatic N) is 1. The molecular formula is C34H48N2O6S2. The number of amides is 1. The number of benzene rings is 2. The van der Waals surface area contributed by atoms with E-state index in [-0.39, 0.29) is 23.2 Å². The van der Waals surface area contributed by atoms with Crippen molar-refractivity contribution in [2.24, 2.45) is 10.8 Å². The Bertz CT molecular complexity index is 1420. The Morgan fingerprint density at radius 1 is 1.05 bits per heavy atom. The van der Waals surface area contributed by atoms with Gasteiger partial charge in [0, 0.05) is 34.8 Å². The maximum absolute atomic E-state index is 14.3.